The van der Waals surface area contributed by atoms with Gasteiger partial charge in [0.05, 0.1) is 16.9 Å². The lowest BCUT2D eigenvalue weighted by Gasteiger charge is -2.21. The second kappa shape index (κ2) is 9.61. The van der Waals surface area contributed by atoms with Crippen molar-refractivity contribution in [3.63, 3.8) is 0 Å². The number of carbonyl (C=O) groups excluding carboxylic acids is 2. The third-order valence-electron chi connectivity index (χ3n) is 4.07. The molecule has 3 aromatic rings. The molecule has 0 radical (unpaired) electrons. The van der Waals surface area contributed by atoms with Crippen molar-refractivity contribution in [2.45, 2.75) is 45.4 Å². The van der Waals surface area contributed by atoms with E-state index in [0.717, 1.165) is 23.8 Å². The number of hydrogen-bond acceptors (Lipinski definition) is 7. The number of aromatic nitrogens is 2. The predicted molar refractivity (Wildman–Crippen MR) is 116 cm³/mol. The van der Waals surface area contributed by atoms with Gasteiger partial charge >= 0.3 is 12.3 Å². The molecule has 0 aliphatic rings. The second-order valence-corrected chi connectivity index (χ2v) is 8.74. The Bertz CT molecular complexity index is 1120. The minimum Gasteiger partial charge on any atom is -0.444 e. The van der Waals surface area contributed by atoms with Crippen LogP contribution in [0.4, 0.5) is 29.3 Å². The zero-order valence-electron chi connectivity index (χ0n) is 17.9. The summed E-state index contributed by atoms with van der Waals surface area (Å²) in [7, 11) is 0. The lowest BCUT2D eigenvalue weighted by atomic mass is 10.1. The number of nitrogens with zero attached hydrogens (tertiary/aromatic N) is 2. The summed E-state index contributed by atoms with van der Waals surface area (Å²) < 4.78 is 49.7. The minimum atomic E-state index is -4.63. The first-order valence-corrected chi connectivity index (χ1v) is 10.7. The predicted octanol–water partition coefficient (Wildman–Crippen LogP) is 5.74. The number of ether oxygens (including phenoxy) is 1. The monoisotopic (exact) mass is 482 g/mol. The first-order valence-electron chi connectivity index (χ1n) is 9.77. The minimum absolute atomic E-state index is 0.0388. The molecule has 12 heteroatoms. The van der Waals surface area contributed by atoms with Crippen LogP contribution in [0.15, 0.2) is 39.5 Å². The van der Waals surface area contributed by atoms with Crippen LogP contribution in [0.1, 0.15) is 38.6 Å². The fourth-order valence-electron chi connectivity index (χ4n) is 2.65. The molecule has 2 heterocycles. The number of aryl methyl sites for hydroxylation is 1. The smallest absolute Gasteiger partial charge is 0.416 e. The van der Waals surface area contributed by atoms with E-state index in [1.54, 1.807) is 20.8 Å². The highest BCUT2D eigenvalue weighted by molar-refractivity contribution is 7.08. The number of thiophene rings is 1. The molecule has 1 aromatic carbocycles. The number of carbonyl (C=O) groups is 2. The normalized spacial score (nSPS) is 11.8. The number of halogens is 3. The quantitative estimate of drug-likeness (QED) is 0.464. The summed E-state index contributed by atoms with van der Waals surface area (Å²) in [5.41, 5.74) is -1.27. The molecule has 0 saturated heterocycles. The SMILES string of the molecule is CC(C)(C)OC(=O)Nc1ccc(C(F)(F)F)cc1NC(=O)CCc1nc(-c2ccsc2)no1. The standard InChI is InChI=1S/C21H21F3N4O4S/c1-20(2,3)31-19(30)26-14-5-4-13(21(22,23)24)10-15(14)25-16(29)6-7-17-27-18(28-32-17)12-8-9-33-11-12/h4-5,8-11H,6-7H2,1-3H3,(H,25,29)(H,26,30). The lowest BCUT2D eigenvalue weighted by molar-refractivity contribution is -0.137. The molecule has 0 saturated carbocycles. The van der Waals surface area contributed by atoms with Gasteiger partial charge in [0.1, 0.15) is 5.60 Å². The Morgan fingerprint density at radius 1 is 1.12 bits per heavy atom. The molecule has 33 heavy (non-hydrogen) atoms. The Morgan fingerprint density at radius 2 is 1.88 bits per heavy atom. The van der Waals surface area contributed by atoms with Gasteiger partial charge in [-0.25, -0.2) is 4.79 Å². The molecular formula is C21H21F3N4O4S. The molecule has 0 fully saturated rings. The molecule has 0 bridgehead atoms. The lowest BCUT2D eigenvalue weighted by Crippen LogP contribution is -2.27. The van der Waals surface area contributed by atoms with Crippen LogP contribution >= 0.6 is 11.3 Å². The second-order valence-electron chi connectivity index (χ2n) is 7.96. The van der Waals surface area contributed by atoms with Gasteiger partial charge in [-0.05, 0) is 50.4 Å². The van der Waals surface area contributed by atoms with Crippen molar-refractivity contribution in [1.82, 2.24) is 10.1 Å². The van der Waals surface area contributed by atoms with E-state index in [1.165, 1.54) is 11.3 Å². The van der Waals surface area contributed by atoms with Crippen molar-refractivity contribution >= 4 is 34.7 Å². The Balaban J connectivity index is 1.70. The fraction of sp³-hybridized carbons (Fsp3) is 0.333. The number of rotatable bonds is 6. The molecule has 176 valence electrons. The molecule has 2 N–H and O–H groups in total. The summed E-state index contributed by atoms with van der Waals surface area (Å²) in [6.07, 6.45) is -5.56. The van der Waals surface area contributed by atoms with Crippen LogP contribution in [-0.4, -0.2) is 27.7 Å². The van der Waals surface area contributed by atoms with E-state index in [1.807, 2.05) is 16.8 Å². The first kappa shape index (κ1) is 24.2. The van der Waals surface area contributed by atoms with Crippen molar-refractivity contribution in [1.29, 1.82) is 0 Å². The molecule has 0 aliphatic carbocycles. The Kier molecular flexibility index (Phi) is 7.06. The molecule has 0 atom stereocenters. The van der Waals surface area contributed by atoms with Gasteiger partial charge in [-0.3, -0.25) is 10.1 Å². The number of alkyl halides is 3. The molecule has 0 spiro atoms. The van der Waals surface area contributed by atoms with Crippen molar-refractivity contribution in [3.05, 3.63) is 46.5 Å². The summed E-state index contributed by atoms with van der Waals surface area (Å²) in [4.78, 5) is 28.7. The Morgan fingerprint density at radius 3 is 2.52 bits per heavy atom. The van der Waals surface area contributed by atoms with Gasteiger partial charge in [0, 0.05) is 23.8 Å². The summed E-state index contributed by atoms with van der Waals surface area (Å²) in [6.45, 7) is 4.93. The highest BCUT2D eigenvalue weighted by atomic mass is 32.1. The number of anilines is 2. The summed E-state index contributed by atoms with van der Waals surface area (Å²) in [5, 5.41) is 12.3. The van der Waals surface area contributed by atoms with Gasteiger partial charge in [0.25, 0.3) is 0 Å². The van der Waals surface area contributed by atoms with Crippen molar-refractivity contribution in [2.24, 2.45) is 0 Å². The molecule has 2 aromatic heterocycles. The molecule has 8 nitrogen and oxygen atoms in total. The molecule has 0 unspecified atom stereocenters. The van der Waals surface area contributed by atoms with Crippen molar-refractivity contribution in [2.75, 3.05) is 10.6 Å². The number of nitrogens with one attached hydrogen (secondary N) is 2. The van der Waals surface area contributed by atoms with Crippen LogP contribution in [0.25, 0.3) is 11.4 Å². The van der Waals surface area contributed by atoms with Crippen LogP contribution in [-0.2, 0) is 22.1 Å². The zero-order chi connectivity index (χ0) is 24.2. The van der Waals surface area contributed by atoms with Gasteiger partial charge in [-0.15, -0.1) is 0 Å². The third-order valence-corrected chi connectivity index (χ3v) is 4.75. The van der Waals surface area contributed by atoms with Gasteiger partial charge in [0.15, 0.2) is 0 Å². The summed E-state index contributed by atoms with van der Waals surface area (Å²) in [5.74, 6) is -0.00674. The average molecular weight is 482 g/mol. The first-order chi connectivity index (χ1) is 15.4. The van der Waals surface area contributed by atoms with Gasteiger partial charge in [-0.2, -0.15) is 29.5 Å². The highest BCUT2D eigenvalue weighted by Gasteiger charge is 2.31. The largest absolute Gasteiger partial charge is 0.444 e. The summed E-state index contributed by atoms with van der Waals surface area (Å²) in [6, 6.07) is 4.41. The van der Waals surface area contributed by atoms with Crippen molar-refractivity contribution in [3.8, 4) is 11.4 Å². The van der Waals surface area contributed by atoms with Crippen LogP contribution in [0.5, 0.6) is 0 Å². The van der Waals surface area contributed by atoms with E-state index >= 15 is 0 Å². The third kappa shape index (κ3) is 7.04. The fourth-order valence-corrected chi connectivity index (χ4v) is 3.28. The number of amides is 2. The van der Waals surface area contributed by atoms with E-state index in [-0.39, 0.29) is 30.1 Å². The van der Waals surface area contributed by atoms with Crippen LogP contribution in [0.2, 0.25) is 0 Å². The maximum atomic E-state index is 13.2. The zero-order valence-corrected chi connectivity index (χ0v) is 18.8. The molecule has 3 rings (SSSR count). The van der Waals surface area contributed by atoms with E-state index in [4.69, 9.17) is 9.26 Å². The van der Waals surface area contributed by atoms with E-state index < -0.39 is 29.3 Å². The molecule has 0 aliphatic heterocycles. The van der Waals surface area contributed by atoms with Crippen LogP contribution in [0.3, 0.4) is 0 Å². The highest BCUT2D eigenvalue weighted by Crippen LogP contribution is 2.34. The van der Waals surface area contributed by atoms with Gasteiger partial charge in [0.2, 0.25) is 17.6 Å². The van der Waals surface area contributed by atoms with Crippen LogP contribution < -0.4 is 10.6 Å². The average Bonchev–Trinajstić information content (AvgIpc) is 3.37. The number of hydrogen-bond donors (Lipinski definition) is 2. The van der Waals surface area contributed by atoms with E-state index in [2.05, 4.69) is 20.8 Å². The van der Waals surface area contributed by atoms with Gasteiger partial charge < -0.3 is 14.6 Å². The molecule has 2 amide bonds. The molecular weight excluding hydrogens is 461 g/mol. The van der Waals surface area contributed by atoms with Crippen LogP contribution in [0, 0.1) is 0 Å². The maximum absolute atomic E-state index is 13.2. The van der Waals surface area contributed by atoms with Gasteiger partial charge in [-0.1, -0.05) is 5.16 Å². The topological polar surface area (TPSA) is 106 Å². The van der Waals surface area contributed by atoms with E-state index in [9.17, 15) is 22.8 Å². The Labute approximate surface area is 191 Å². The van der Waals surface area contributed by atoms with Crippen molar-refractivity contribution < 1.29 is 32.0 Å². The maximum Gasteiger partial charge on any atom is 0.416 e. The Hall–Kier alpha value is -3.41. The summed E-state index contributed by atoms with van der Waals surface area (Å²) >= 11 is 1.47. The number of benzene rings is 1. The van der Waals surface area contributed by atoms with E-state index in [0.29, 0.717) is 5.82 Å².